The first-order valence-electron chi connectivity index (χ1n) is 44.0. The van der Waals surface area contributed by atoms with Gasteiger partial charge in [0.1, 0.15) is 0 Å². The summed E-state index contributed by atoms with van der Waals surface area (Å²) in [6.07, 6.45) is 15.6. The number of nitrogens with zero attached hydrogens (tertiary/aromatic N) is 4. The molecule has 0 amide bonds. The van der Waals surface area contributed by atoms with Gasteiger partial charge in [-0.25, -0.2) is 0 Å². The summed E-state index contributed by atoms with van der Waals surface area (Å²) in [5, 5.41) is 41.8. The molecule has 8 heterocycles. The van der Waals surface area contributed by atoms with Crippen LogP contribution in [0.1, 0.15) is 0 Å². The van der Waals surface area contributed by atoms with E-state index in [0.29, 0.717) is 58.0 Å². The van der Waals surface area contributed by atoms with Gasteiger partial charge in [-0.2, -0.15) is 0 Å². The van der Waals surface area contributed by atoms with Gasteiger partial charge in [0.2, 0.25) is 0 Å². The van der Waals surface area contributed by atoms with Crippen LogP contribution >= 0.6 is 0 Å². The molecule has 0 aliphatic carbocycles. The van der Waals surface area contributed by atoms with Crippen molar-refractivity contribution in [1.29, 1.82) is 0 Å². The molecular formula is C122H72N4Se4. The van der Waals surface area contributed by atoms with E-state index in [0.717, 1.165) is 0 Å². The van der Waals surface area contributed by atoms with Gasteiger partial charge in [-0.1, -0.05) is 6.07 Å². The van der Waals surface area contributed by atoms with Crippen molar-refractivity contribution in [3.8, 4) is 55.6 Å². The third-order valence-corrected chi connectivity index (χ3v) is 36.8. The minimum atomic E-state index is 0.329. The maximum atomic E-state index is 4.46. The average Bonchev–Trinajstić information content (AvgIpc) is 1.22. The fraction of sp³-hybridized carbons (Fsp3) is 0. The Morgan fingerprint density at radius 2 is 0.315 bits per heavy atom. The Balaban J connectivity index is 0.0000000915. The van der Waals surface area contributed by atoms with Crippen LogP contribution in [-0.4, -0.2) is 78.0 Å². The van der Waals surface area contributed by atoms with Crippen LogP contribution in [0.2, 0.25) is 0 Å². The molecule has 8 heteroatoms. The number of aromatic nitrogens is 4. The van der Waals surface area contributed by atoms with E-state index in [9.17, 15) is 0 Å². The zero-order valence-electron chi connectivity index (χ0n) is 70.0. The van der Waals surface area contributed by atoms with Gasteiger partial charge in [-0.3, -0.25) is 0 Å². The SMILES string of the molecule is c1cc(-c2ccc3c4ccccc4c4cnccc4c3c2)cc(-c2cccc3c2[se]c2ccccc23)c1.c1ccc2c(c1)[se]c1c(-c3ccc4c5ccccc5c5ccncc5c4c3)cccc12.c1ccc2c(c1)[se]c1c(-c3ccc4c5ccncc5c5ccccc5c4c3)cccc12.c1ccc2c(c1)[se]c1c(-c3ccc4c5cnccc5c5ccccc5c4c3)cccc12. The molecule has 29 rings (SSSR count). The quantitative estimate of drug-likeness (QED) is 0.127. The number of fused-ring (bicyclic) bond motifs is 36. The van der Waals surface area contributed by atoms with Gasteiger partial charge in [0.15, 0.2) is 0 Å². The number of pyridine rings is 4. The Hall–Kier alpha value is -14.6. The van der Waals surface area contributed by atoms with Crippen LogP contribution < -0.4 is 0 Å². The van der Waals surface area contributed by atoms with Crippen LogP contribution in [0.4, 0.5) is 0 Å². The van der Waals surface area contributed by atoms with Crippen LogP contribution in [0.15, 0.2) is 438 Å². The second-order valence-corrected chi connectivity index (χ2v) is 42.4. The molecule has 0 bridgehead atoms. The number of benzene rings is 21. The Labute approximate surface area is 770 Å². The van der Waals surface area contributed by atoms with Crippen molar-refractivity contribution < 1.29 is 0 Å². The third kappa shape index (κ3) is 12.7. The molecule has 0 unspecified atom stereocenters. The molecule has 0 saturated carbocycles. The van der Waals surface area contributed by atoms with Crippen LogP contribution in [0.3, 0.4) is 0 Å². The average molecular weight is 1910 g/mol. The predicted molar refractivity (Wildman–Crippen MR) is 562 cm³/mol. The Bertz CT molecular complexity index is 8980. The maximum absolute atomic E-state index is 4.46. The minimum absolute atomic E-state index is 0.329. The molecule has 21 aromatic carbocycles. The van der Waals surface area contributed by atoms with E-state index in [1.165, 1.54) is 262 Å². The van der Waals surface area contributed by atoms with E-state index in [2.05, 4.69) is 408 Å². The molecule has 0 aliphatic rings. The van der Waals surface area contributed by atoms with Crippen LogP contribution in [0.25, 0.3) is 262 Å². The van der Waals surface area contributed by atoms with Crippen LogP contribution in [-0.2, 0) is 0 Å². The van der Waals surface area contributed by atoms with Gasteiger partial charge in [-0.05, 0) is 0 Å². The van der Waals surface area contributed by atoms with Crippen LogP contribution in [0, 0.1) is 0 Å². The molecule has 0 N–H and O–H groups in total. The summed E-state index contributed by atoms with van der Waals surface area (Å²) in [5.74, 6) is 0. The molecule has 130 heavy (non-hydrogen) atoms. The monoisotopic (exact) mass is 1910 g/mol. The molecule has 29 aromatic rings. The molecule has 0 radical (unpaired) electrons. The van der Waals surface area contributed by atoms with Crippen molar-refractivity contribution in [1.82, 2.24) is 19.9 Å². The van der Waals surface area contributed by atoms with Crippen molar-refractivity contribution in [2.24, 2.45) is 0 Å². The molecule has 4 nitrogen and oxygen atoms in total. The van der Waals surface area contributed by atoms with E-state index in [1.54, 1.807) is 0 Å². The fourth-order valence-electron chi connectivity index (χ4n) is 20.6. The van der Waals surface area contributed by atoms with Gasteiger partial charge < -0.3 is 0 Å². The number of hydrogen-bond donors (Lipinski definition) is 0. The van der Waals surface area contributed by atoms with E-state index < -0.39 is 0 Å². The van der Waals surface area contributed by atoms with E-state index in [-0.39, 0.29) is 0 Å². The topological polar surface area (TPSA) is 51.6 Å². The molecular weight excluding hydrogens is 1840 g/mol. The Morgan fingerprint density at radius 1 is 0.123 bits per heavy atom. The molecule has 0 fully saturated rings. The van der Waals surface area contributed by atoms with Crippen molar-refractivity contribution >= 4 is 264 Å². The summed E-state index contributed by atoms with van der Waals surface area (Å²) in [6.45, 7) is 0. The predicted octanol–water partition coefficient (Wildman–Crippen LogP) is 32.0. The van der Waals surface area contributed by atoms with Crippen molar-refractivity contribution in [2.75, 3.05) is 0 Å². The van der Waals surface area contributed by atoms with E-state index in [1.807, 2.05) is 49.6 Å². The summed E-state index contributed by atoms with van der Waals surface area (Å²) >= 11 is 1.35. The number of rotatable bonds is 5. The van der Waals surface area contributed by atoms with Gasteiger partial charge >= 0.3 is 772 Å². The van der Waals surface area contributed by atoms with Gasteiger partial charge in [-0.15, -0.1) is 0 Å². The van der Waals surface area contributed by atoms with E-state index >= 15 is 0 Å². The summed E-state index contributed by atoms with van der Waals surface area (Å²) in [7, 11) is 0. The summed E-state index contributed by atoms with van der Waals surface area (Å²) in [5.41, 5.74) is 13.1. The van der Waals surface area contributed by atoms with Crippen molar-refractivity contribution in [3.05, 3.63) is 438 Å². The van der Waals surface area contributed by atoms with Crippen molar-refractivity contribution in [2.45, 2.75) is 0 Å². The van der Waals surface area contributed by atoms with Crippen LogP contribution in [0.5, 0.6) is 0 Å². The van der Waals surface area contributed by atoms with Gasteiger partial charge in [0.25, 0.3) is 0 Å². The fourth-order valence-corrected chi connectivity index (χ4v) is 31.0. The summed E-state index contributed by atoms with van der Waals surface area (Å²) in [6, 6.07) is 143. The Kier molecular flexibility index (Phi) is 18.7. The second kappa shape index (κ2) is 31.7. The first kappa shape index (κ1) is 76.6. The standard InChI is InChI=1S/C35H21NSe.3C29H17NSe/c1-2-10-27-26(9-1)28-16-15-23(20-32(28)29-17-18-36-21-33(27)29)22-7-5-8-24(19-22)25-12-6-13-31-30-11-3-4-14-34(30)37-35(25)31;1-2-7-21-20(6-1)26-16-18(12-13-22(26)23-14-15-30-17-27(21)23)19-9-5-10-25-24-8-3-4-11-28(24)31-29(19)25;1-2-7-21-20(6-1)23-14-15-30-17-27(23)22-13-12-18(16-26(21)22)19-9-5-10-25-24-8-3-4-11-28(24)31-29(19)25;1-2-7-21-20(6-1)22-13-12-18(16-26(22)27-17-30-15-14-23(21)27)19-9-5-10-25-24-8-3-4-11-28(24)31-29(19)25/h1-21H;3*1-17H. The van der Waals surface area contributed by atoms with Crippen molar-refractivity contribution in [3.63, 3.8) is 0 Å². The summed E-state index contributed by atoms with van der Waals surface area (Å²) < 4.78 is 11.9. The molecule has 0 atom stereocenters. The normalized spacial score (nSPS) is 11.8. The molecule has 0 aliphatic heterocycles. The Morgan fingerprint density at radius 3 is 0.638 bits per heavy atom. The second-order valence-electron chi connectivity index (χ2n) is 33.6. The first-order chi connectivity index (χ1) is 64.5. The van der Waals surface area contributed by atoms with Gasteiger partial charge in [0.05, 0.1) is 0 Å². The van der Waals surface area contributed by atoms with E-state index in [4.69, 9.17) is 0 Å². The first-order valence-corrected chi connectivity index (χ1v) is 50.8. The summed E-state index contributed by atoms with van der Waals surface area (Å²) in [4.78, 5) is 17.7. The zero-order chi connectivity index (χ0) is 85.4. The van der Waals surface area contributed by atoms with Gasteiger partial charge in [0, 0.05) is 0 Å². The zero-order valence-corrected chi connectivity index (χ0v) is 76.8. The molecule has 0 spiro atoms. The molecule has 604 valence electrons. The molecule has 0 saturated heterocycles. The number of hydrogen-bond acceptors (Lipinski definition) is 4. The third-order valence-electron chi connectivity index (χ3n) is 26.6. The molecule has 8 aromatic heterocycles.